The van der Waals surface area contributed by atoms with Crippen LogP contribution in [-0.4, -0.2) is 6.79 Å². The van der Waals surface area contributed by atoms with Crippen molar-refractivity contribution in [2.75, 3.05) is 12.1 Å². The van der Waals surface area contributed by atoms with Gasteiger partial charge in [0.15, 0.2) is 11.5 Å². The number of ether oxygens (including phenoxy) is 2. The highest BCUT2D eigenvalue weighted by atomic mass is 79.9. The highest BCUT2D eigenvalue weighted by Crippen LogP contribution is 2.40. The fourth-order valence-electron chi connectivity index (χ4n) is 2.02. The Labute approximate surface area is 155 Å². The quantitative estimate of drug-likeness (QED) is 0.510. The van der Waals surface area contributed by atoms with Gasteiger partial charge in [-0.25, -0.2) is 0 Å². The molecule has 0 radical (unpaired) electrons. The molecule has 0 aliphatic carbocycles. The maximum absolute atomic E-state index is 5.43. The van der Waals surface area contributed by atoms with Gasteiger partial charge in [-0.1, -0.05) is 15.9 Å². The van der Waals surface area contributed by atoms with Crippen LogP contribution in [0.2, 0.25) is 0 Å². The van der Waals surface area contributed by atoms with E-state index in [0.29, 0.717) is 6.54 Å². The molecule has 0 unspecified atom stereocenters. The van der Waals surface area contributed by atoms with Crippen molar-refractivity contribution in [3.05, 3.63) is 47.7 Å². The third-order valence-corrected chi connectivity index (χ3v) is 5.26. The topological polar surface area (TPSA) is 30.5 Å². The second-order valence-electron chi connectivity index (χ2n) is 4.41. The summed E-state index contributed by atoms with van der Waals surface area (Å²) < 4.78 is 14.7. The lowest BCUT2D eigenvalue weighted by Crippen LogP contribution is -2.01. The third-order valence-electron chi connectivity index (χ3n) is 2.96. The Morgan fingerprint density at radius 2 is 1.62 bits per heavy atom. The van der Waals surface area contributed by atoms with Gasteiger partial charge >= 0.3 is 0 Å². The van der Waals surface area contributed by atoms with E-state index in [1.807, 2.05) is 24.3 Å². The van der Waals surface area contributed by atoms with Gasteiger partial charge in [0.25, 0.3) is 0 Å². The fraction of sp³-hybridized carbons (Fsp3) is 0.143. The Kier molecular flexibility index (Phi) is 4.83. The summed E-state index contributed by atoms with van der Waals surface area (Å²) in [5.74, 6) is 1.54. The predicted octanol–water partition coefficient (Wildman–Crippen LogP) is 6.08. The van der Waals surface area contributed by atoms with Gasteiger partial charge in [-0.2, -0.15) is 0 Å². The Bertz CT molecular complexity index is 683. The average molecular weight is 543 g/mol. The minimum atomic E-state index is 0.272. The standard InChI is InChI=1S/C14H9Br4NO2/c15-8-3-9(16)13(10(17)4-8)19-5-7-1-11(18)14-12(2-7)20-6-21-14/h1-4,19H,5-6H2. The van der Waals surface area contributed by atoms with Crippen LogP contribution in [0, 0.1) is 0 Å². The minimum absolute atomic E-state index is 0.272. The Hall–Kier alpha value is -0.240. The normalized spacial score (nSPS) is 12.6. The Morgan fingerprint density at radius 3 is 2.33 bits per heavy atom. The molecule has 0 spiro atoms. The highest BCUT2D eigenvalue weighted by molar-refractivity contribution is 9.11. The second kappa shape index (κ2) is 6.48. The summed E-state index contributed by atoms with van der Waals surface area (Å²) in [4.78, 5) is 0. The first-order valence-electron chi connectivity index (χ1n) is 6.01. The summed E-state index contributed by atoms with van der Waals surface area (Å²) in [6, 6.07) is 8.02. The Balaban J connectivity index is 1.81. The van der Waals surface area contributed by atoms with Crippen molar-refractivity contribution in [2.24, 2.45) is 0 Å². The first-order valence-corrected chi connectivity index (χ1v) is 9.18. The van der Waals surface area contributed by atoms with Gasteiger partial charge in [-0.05, 0) is 77.6 Å². The third kappa shape index (κ3) is 3.41. The van der Waals surface area contributed by atoms with Gasteiger partial charge in [0.2, 0.25) is 6.79 Å². The van der Waals surface area contributed by atoms with E-state index in [2.05, 4.69) is 69.0 Å². The summed E-state index contributed by atoms with van der Waals surface area (Å²) in [5.41, 5.74) is 2.11. The number of halogens is 4. The fourth-order valence-corrected chi connectivity index (χ4v) is 5.17. The molecule has 0 saturated heterocycles. The van der Waals surface area contributed by atoms with Crippen LogP contribution >= 0.6 is 63.7 Å². The van der Waals surface area contributed by atoms with Crippen molar-refractivity contribution in [2.45, 2.75) is 6.54 Å². The van der Waals surface area contributed by atoms with Gasteiger partial charge in [0.05, 0.1) is 10.2 Å². The molecule has 3 rings (SSSR count). The molecule has 1 N–H and O–H groups in total. The molecular formula is C14H9Br4NO2. The van der Waals surface area contributed by atoms with Crippen molar-refractivity contribution < 1.29 is 9.47 Å². The number of rotatable bonds is 3. The molecule has 1 heterocycles. The zero-order valence-electron chi connectivity index (χ0n) is 10.6. The van der Waals surface area contributed by atoms with Crippen LogP contribution in [0.3, 0.4) is 0 Å². The summed E-state index contributed by atoms with van der Waals surface area (Å²) in [6.45, 7) is 0.947. The molecule has 110 valence electrons. The monoisotopic (exact) mass is 539 g/mol. The van der Waals surface area contributed by atoms with E-state index >= 15 is 0 Å². The van der Waals surface area contributed by atoms with Crippen LogP contribution in [0.15, 0.2) is 42.2 Å². The number of benzene rings is 2. The molecule has 21 heavy (non-hydrogen) atoms. The Morgan fingerprint density at radius 1 is 0.905 bits per heavy atom. The van der Waals surface area contributed by atoms with E-state index in [9.17, 15) is 0 Å². The van der Waals surface area contributed by atoms with Crippen LogP contribution in [0.25, 0.3) is 0 Å². The SMILES string of the molecule is Brc1cc(Br)c(NCc2cc(Br)c3c(c2)OCO3)c(Br)c1. The molecule has 1 aliphatic rings. The van der Waals surface area contributed by atoms with Crippen molar-refractivity contribution in [3.63, 3.8) is 0 Å². The van der Waals surface area contributed by atoms with E-state index in [4.69, 9.17) is 9.47 Å². The van der Waals surface area contributed by atoms with Gasteiger partial charge in [0, 0.05) is 20.0 Å². The molecule has 0 fully saturated rings. The first kappa shape index (κ1) is 15.6. The van der Waals surface area contributed by atoms with Crippen molar-refractivity contribution in [1.29, 1.82) is 0 Å². The van der Waals surface area contributed by atoms with E-state index < -0.39 is 0 Å². The lowest BCUT2D eigenvalue weighted by Gasteiger charge is -2.12. The van der Waals surface area contributed by atoms with Crippen LogP contribution in [0.5, 0.6) is 11.5 Å². The zero-order chi connectivity index (χ0) is 15.0. The predicted molar refractivity (Wildman–Crippen MR) is 97.1 cm³/mol. The molecule has 0 atom stereocenters. The van der Waals surface area contributed by atoms with Crippen molar-refractivity contribution in [3.8, 4) is 11.5 Å². The molecule has 2 aromatic rings. The van der Waals surface area contributed by atoms with E-state index in [0.717, 1.165) is 40.6 Å². The molecule has 2 aromatic carbocycles. The minimum Gasteiger partial charge on any atom is -0.454 e. The van der Waals surface area contributed by atoms with Gasteiger partial charge < -0.3 is 14.8 Å². The number of nitrogens with one attached hydrogen (secondary N) is 1. The smallest absolute Gasteiger partial charge is 0.231 e. The van der Waals surface area contributed by atoms with Crippen molar-refractivity contribution >= 4 is 69.4 Å². The number of fused-ring (bicyclic) bond motifs is 1. The number of hydrogen-bond acceptors (Lipinski definition) is 3. The number of anilines is 1. The summed E-state index contributed by atoms with van der Waals surface area (Å²) in [7, 11) is 0. The lowest BCUT2D eigenvalue weighted by atomic mass is 10.2. The van der Waals surface area contributed by atoms with Crippen LogP contribution in [0.1, 0.15) is 5.56 Å². The summed E-state index contributed by atoms with van der Waals surface area (Å²) in [6.07, 6.45) is 0. The van der Waals surface area contributed by atoms with Crippen molar-refractivity contribution in [1.82, 2.24) is 0 Å². The molecule has 0 saturated carbocycles. The summed E-state index contributed by atoms with van der Waals surface area (Å²) >= 11 is 14.1. The van der Waals surface area contributed by atoms with Crippen LogP contribution in [0.4, 0.5) is 5.69 Å². The summed E-state index contributed by atoms with van der Waals surface area (Å²) in [5, 5.41) is 3.41. The van der Waals surface area contributed by atoms with E-state index in [1.165, 1.54) is 0 Å². The molecule has 0 bridgehead atoms. The second-order valence-corrected chi connectivity index (χ2v) is 7.89. The van der Waals surface area contributed by atoms with Crippen LogP contribution in [-0.2, 0) is 6.54 Å². The van der Waals surface area contributed by atoms with Gasteiger partial charge in [-0.3, -0.25) is 0 Å². The lowest BCUT2D eigenvalue weighted by molar-refractivity contribution is 0.173. The van der Waals surface area contributed by atoms with Crippen LogP contribution < -0.4 is 14.8 Å². The molecule has 0 aromatic heterocycles. The zero-order valence-corrected chi connectivity index (χ0v) is 16.9. The largest absolute Gasteiger partial charge is 0.454 e. The maximum Gasteiger partial charge on any atom is 0.231 e. The maximum atomic E-state index is 5.43. The average Bonchev–Trinajstić information content (AvgIpc) is 2.86. The molecule has 3 nitrogen and oxygen atoms in total. The molecule has 1 aliphatic heterocycles. The number of hydrogen-bond donors (Lipinski definition) is 1. The first-order chi connectivity index (χ1) is 10.0. The molecular weight excluding hydrogens is 534 g/mol. The highest BCUT2D eigenvalue weighted by Gasteiger charge is 2.18. The van der Waals surface area contributed by atoms with Gasteiger partial charge in [-0.15, -0.1) is 0 Å². The van der Waals surface area contributed by atoms with E-state index in [-0.39, 0.29) is 6.79 Å². The molecule has 7 heteroatoms. The van der Waals surface area contributed by atoms with Gasteiger partial charge in [0.1, 0.15) is 0 Å². The van der Waals surface area contributed by atoms with E-state index in [1.54, 1.807) is 0 Å². The molecule has 0 amide bonds.